The number of benzene rings is 1. The van der Waals surface area contributed by atoms with Crippen LogP contribution in [-0.4, -0.2) is 39.4 Å². The molecule has 2 rings (SSSR count). The van der Waals surface area contributed by atoms with Crippen molar-refractivity contribution in [3.8, 4) is 0 Å². The summed E-state index contributed by atoms with van der Waals surface area (Å²) >= 11 is 0. The Morgan fingerprint density at radius 3 is 2.41 bits per heavy atom. The molecule has 0 saturated heterocycles. The predicted octanol–water partition coefficient (Wildman–Crippen LogP) is 2.00. The molecule has 6 nitrogen and oxygen atoms in total. The summed E-state index contributed by atoms with van der Waals surface area (Å²) in [5.41, 5.74) is 1.29. The zero-order valence-corrected chi connectivity index (χ0v) is 12.8. The van der Waals surface area contributed by atoms with Crippen LogP contribution >= 0.6 is 0 Å². The molecule has 0 aliphatic carbocycles. The maximum atomic E-state index is 12.2. The minimum atomic E-state index is -0.138. The van der Waals surface area contributed by atoms with Gasteiger partial charge in [-0.2, -0.15) is 0 Å². The van der Waals surface area contributed by atoms with Crippen molar-refractivity contribution in [2.75, 3.05) is 18.4 Å². The molecule has 6 heteroatoms. The van der Waals surface area contributed by atoms with E-state index in [-0.39, 0.29) is 18.4 Å². The molecule has 2 aromatic rings. The van der Waals surface area contributed by atoms with Gasteiger partial charge < -0.3 is 14.8 Å². The quantitative estimate of drug-likeness (QED) is 0.887. The molecule has 1 N–H and O–H groups in total. The minimum Gasteiger partial charge on any atom is -0.339 e. The van der Waals surface area contributed by atoms with Crippen LogP contribution in [0.15, 0.2) is 43.0 Å². The molecule has 1 aromatic carbocycles. The number of hydrogen-bond acceptors (Lipinski definition) is 3. The molecule has 1 aromatic heterocycles. The van der Waals surface area contributed by atoms with E-state index in [2.05, 4.69) is 10.3 Å². The third-order valence-electron chi connectivity index (χ3n) is 3.35. The van der Waals surface area contributed by atoms with E-state index in [4.69, 9.17) is 0 Å². The van der Waals surface area contributed by atoms with Gasteiger partial charge in [0.15, 0.2) is 0 Å². The molecule has 0 aliphatic heterocycles. The normalized spacial score (nSPS) is 10.3. The topological polar surface area (TPSA) is 67.2 Å². The number of nitrogens with one attached hydrogen (secondary N) is 1. The summed E-state index contributed by atoms with van der Waals surface area (Å²) in [7, 11) is 0. The van der Waals surface area contributed by atoms with Crippen molar-refractivity contribution in [2.24, 2.45) is 0 Å². The van der Waals surface area contributed by atoms with E-state index in [9.17, 15) is 9.59 Å². The standard InChI is InChI=1S/C16H20N4O2/c1-3-20(4-2)16(22)13-5-7-14(8-6-13)18-15(21)11-19-10-9-17-12-19/h5-10,12H,3-4,11H2,1-2H3,(H,18,21). The van der Waals surface area contributed by atoms with Crippen molar-refractivity contribution in [1.29, 1.82) is 0 Å². The zero-order chi connectivity index (χ0) is 15.9. The third kappa shape index (κ3) is 3.94. The lowest BCUT2D eigenvalue weighted by Gasteiger charge is -2.18. The molecule has 1 heterocycles. The Morgan fingerprint density at radius 2 is 1.86 bits per heavy atom. The van der Waals surface area contributed by atoms with Crippen molar-refractivity contribution in [1.82, 2.24) is 14.5 Å². The summed E-state index contributed by atoms with van der Waals surface area (Å²) in [5, 5.41) is 2.79. The van der Waals surface area contributed by atoms with Crippen LogP contribution in [0.3, 0.4) is 0 Å². The van der Waals surface area contributed by atoms with Crippen molar-refractivity contribution < 1.29 is 9.59 Å². The van der Waals surface area contributed by atoms with Gasteiger partial charge in [0.2, 0.25) is 5.91 Å². The molecule has 0 saturated carbocycles. The number of amides is 2. The highest BCUT2D eigenvalue weighted by Crippen LogP contribution is 2.12. The van der Waals surface area contributed by atoms with Gasteiger partial charge in [-0.15, -0.1) is 0 Å². The largest absolute Gasteiger partial charge is 0.339 e. The lowest BCUT2D eigenvalue weighted by Crippen LogP contribution is -2.30. The Bertz CT molecular complexity index is 616. The molecule has 0 radical (unpaired) electrons. The first-order chi connectivity index (χ1) is 10.6. The number of aromatic nitrogens is 2. The van der Waals surface area contributed by atoms with Gasteiger partial charge in [-0.05, 0) is 38.1 Å². The Hall–Kier alpha value is -2.63. The lowest BCUT2D eigenvalue weighted by molar-refractivity contribution is -0.116. The van der Waals surface area contributed by atoms with Crippen molar-refractivity contribution in [3.63, 3.8) is 0 Å². The fraction of sp³-hybridized carbons (Fsp3) is 0.312. The van der Waals surface area contributed by atoms with Crippen LogP contribution in [0.25, 0.3) is 0 Å². The average Bonchev–Trinajstić information content (AvgIpc) is 3.02. The van der Waals surface area contributed by atoms with Gasteiger partial charge in [-0.25, -0.2) is 4.98 Å². The van der Waals surface area contributed by atoms with E-state index in [0.717, 1.165) is 0 Å². The number of nitrogens with zero attached hydrogens (tertiary/aromatic N) is 3. The van der Waals surface area contributed by atoms with Gasteiger partial charge in [0.25, 0.3) is 5.91 Å². The first-order valence-corrected chi connectivity index (χ1v) is 7.29. The van der Waals surface area contributed by atoms with Gasteiger partial charge in [0.1, 0.15) is 6.54 Å². The summed E-state index contributed by atoms with van der Waals surface area (Å²) in [5.74, 6) is -0.137. The molecule has 0 unspecified atom stereocenters. The van der Waals surface area contributed by atoms with Gasteiger partial charge in [0.05, 0.1) is 6.33 Å². The highest BCUT2D eigenvalue weighted by atomic mass is 16.2. The third-order valence-corrected chi connectivity index (χ3v) is 3.35. The van der Waals surface area contributed by atoms with Gasteiger partial charge in [-0.1, -0.05) is 0 Å². The van der Waals surface area contributed by atoms with Crippen molar-refractivity contribution in [3.05, 3.63) is 48.5 Å². The lowest BCUT2D eigenvalue weighted by atomic mass is 10.1. The van der Waals surface area contributed by atoms with Gasteiger partial charge in [-0.3, -0.25) is 9.59 Å². The summed E-state index contributed by atoms with van der Waals surface area (Å²) in [6, 6.07) is 6.94. The molecule has 0 atom stereocenters. The molecular weight excluding hydrogens is 280 g/mol. The maximum Gasteiger partial charge on any atom is 0.253 e. The van der Waals surface area contributed by atoms with Gasteiger partial charge >= 0.3 is 0 Å². The summed E-state index contributed by atoms with van der Waals surface area (Å²) in [6.07, 6.45) is 4.94. The molecule has 0 bridgehead atoms. The minimum absolute atomic E-state index is 0.00120. The second-order valence-electron chi connectivity index (χ2n) is 4.84. The van der Waals surface area contributed by atoms with Gasteiger partial charge in [0, 0.05) is 36.7 Å². The molecule has 0 aliphatic rings. The Labute approximate surface area is 129 Å². The molecule has 116 valence electrons. The van der Waals surface area contributed by atoms with Crippen LogP contribution in [0.4, 0.5) is 5.69 Å². The van der Waals surface area contributed by atoms with Crippen molar-refractivity contribution >= 4 is 17.5 Å². The van der Waals surface area contributed by atoms with E-state index in [1.54, 1.807) is 52.5 Å². The molecule has 22 heavy (non-hydrogen) atoms. The Balaban J connectivity index is 1.97. The van der Waals surface area contributed by atoms with E-state index in [1.165, 1.54) is 0 Å². The monoisotopic (exact) mass is 300 g/mol. The number of imidazole rings is 1. The highest BCUT2D eigenvalue weighted by molar-refractivity contribution is 5.95. The smallest absolute Gasteiger partial charge is 0.253 e. The number of rotatable bonds is 6. The van der Waals surface area contributed by atoms with Crippen LogP contribution in [-0.2, 0) is 11.3 Å². The Morgan fingerprint density at radius 1 is 1.18 bits per heavy atom. The Kier molecular flexibility index (Phi) is 5.30. The van der Waals surface area contributed by atoms with Crippen LogP contribution in [0.5, 0.6) is 0 Å². The SMILES string of the molecule is CCN(CC)C(=O)c1ccc(NC(=O)Cn2ccnc2)cc1. The highest BCUT2D eigenvalue weighted by Gasteiger charge is 2.12. The number of hydrogen-bond donors (Lipinski definition) is 1. The van der Waals surface area contributed by atoms with E-state index in [1.807, 2.05) is 13.8 Å². The predicted molar refractivity (Wildman–Crippen MR) is 84.6 cm³/mol. The van der Waals surface area contributed by atoms with Crippen LogP contribution in [0.2, 0.25) is 0 Å². The first kappa shape index (κ1) is 15.8. The average molecular weight is 300 g/mol. The van der Waals surface area contributed by atoms with E-state index in [0.29, 0.717) is 24.3 Å². The number of carbonyl (C=O) groups excluding carboxylic acids is 2. The number of anilines is 1. The van der Waals surface area contributed by atoms with Crippen LogP contribution in [0.1, 0.15) is 24.2 Å². The second-order valence-corrected chi connectivity index (χ2v) is 4.84. The van der Waals surface area contributed by atoms with E-state index < -0.39 is 0 Å². The molecule has 2 amide bonds. The molecule has 0 fully saturated rings. The fourth-order valence-electron chi connectivity index (χ4n) is 2.14. The van der Waals surface area contributed by atoms with Crippen molar-refractivity contribution in [2.45, 2.75) is 20.4 Å². The summed E-state index contributed by atoms with van der Waals surface area (Å²) < 4.78 is 1.69. The van der Waals surface area contributed by atoms with E-state index >= 15 is 0 Å². The number of carbonyl (C=O) groups is 2. The maximum absolute atomic E-state index is 12.2. The fourth-order valence-corrected chi connectivity index (χ4v) is 2.14. The second kappa shape index (κ2) is 7.40. The first-order valence-electron chi connectivity index (χ1n) is 7.29. The summed E-state index contributed by atoms with van der Waals surface area (Å²) in [6.45, 7) is 5.47. The van der Waals surface area contributed by atoms with Crippen LogP contribution < -0.4 is 5.32 Å². The zero-order valence-electron chi connectivity index (χ0n) is 12.8. The molecule has 0 spiro atoms. The summed E-state index contributed by atoms with van der Waals surface area (Å²) in [4.78, 5) is 29.7. The van der Waals surface area contributed by atoms with Crippen LogP contribution in [0, 0.1) is 0 Å². The molecular formula is C16H20N4O2.